The van der Waals surface area contributed by atoms with Gasteiger partial charge in [-0.05, 0) is 37.1 Å². The first-order chi connectivity index (χ1) is 14.6. The summed E-state index contributed by atoms with van der Waals surface area (Å²) >= 11 is 11.0. The van der Waals surface area contributed by atoms with Crippen LogP contribution < -0.4 is 15.5 Å². The number of allylic oxidation sites excluding steroid dienone is 3. The van der Waals surface area contributed by atoms with Crippen molar-refractivity contribution < 1.29 is 23.1 Å². The first-order valence-corrected chi connectivity index (χ1v) is 10.7. The summed E-state index contributed by atoms with van der Waals surface area (Å²) in [5, 5.41) is 15.9. The van der Waals surface area contributed by atoms with Gasteiger partial charge in [0.2, 0.25) is 0 Å². The third-order valence-corrected chi connectivity index (χ3v) is 5.75. The molecule has 31 heavy (non-hydrogen) atoms. The van der Waals surface area contributed by atoms with E-state index in [9.17, 15) is 23.1 Å². The Bertz CT molecular complexity index is 912. The Labute approximate surface area is 188 Å². The van der Waals surface area contributed by atoms with E-state index in [1.807, 2.05) is 0 Å². The van der Waals surface area contributed by atoms with Gasteiger partial charge in [-0.15, -0.1) is 0 Å². The van der Waals surface area contributed by atoms with Crippen LogP contribution in [0, 0.1) is 0 Å². The lowest BCUT2D eigenvalue weighted by Gasteiger charge is -2.24. The molecule has 1 fully saturated rings. The van der Waals surface area contributed by atoms with Crippen molar-refractivity contribution >= 4 is 46.0 Å². The van der Waals surface area contributed by atoms with Crippen LogP contribution in [0.4, 0.5) is 24.5 Å². The highest BCUT2D eigenvalue weighted by Gasteiger charge is 2.35. The van der Waals surface area contributed by atoms with E-state index in [0.717, 1.165) is 18.9 Å². The number of hydrogen-bond donors (Lipinski definition) is 3. The van der Waals surface area contributed by atoms with E-state index in [0.29, 0.717) is 29.4 Å². The molecular formula is C21H23ClF3N3O2S. The minimum Gasteiger partial charge on any atom is -0.389 e. The Morgan fingerprint density at radius 1 is 1.26 bits per heavy atom. The Balaban J connectivity index is 1.57. The quantitative estimate of drug-likeness (QED) is 0.522. The van der Waals surface area contributed by atoms with Gasteiger partial charge in [-0.1, -0.05) is 29.9 Å². The maximum atomic E-state index is 13.5. The molecule has 1 amide bonds. The van der Waals surface area contributed by atoms with E-state index in [1.54, 1.807) is 17.0 Å². The van der Waals surface area contributed by atoms with Crippen molar-refractivity contribution in [2.75, 3.05) is 36.4 Å². The molecule has 0 aromatic heterocycles. The van der Waals surface area contributed by atoms with Crippen molar-refractivity contribution in [3.8, 4) is 0 Å². The maximum absolute atomic E-state index is 13.5. The fourth-order valence-electron chi connectivity index (χ4n) is 3.49. The van der Waals surface area contributed by atoms with Crippen molar-refractivity contribution in [2.45, 2.75) is 31.5 Å². The van der Waals surface area contributed by atoms with Crippen LogP contribution in [0.5, 0.6) is 0 Å². The zero-order valence-electron chi connectivity index (χ0n) is 16.6. The molecule has 1 aliphatic heterocycles. The normalized spacial score (nSPS) is 17.8. The van der Waals surface area contributed by atoms with Gasteiger partial charge in [0.1, 0.15) is 0 Å². The number of carbonyl (C=O) groups is 1. The molecule has 5 nitrogen and oxygen atoms in total. The molecular weight excluding hydrogens is 451 g/mol. The number of anilines is 2. The summed E-state index contributed by atoms with van der Waals surface area (Å²) in [6.07, 6.45) is -0.187. The molecule has 1 heterocycles. The van der Waals surface area contributed by atoms with Crippen LogP contribution in [0.2, 0.25) is 0 Å². The Hall–Kier alpha value is -2.10. The minimum absolute atomic E-state index is 0.0369. The first kappa shape index (κ1) is 23.6. The number of alkyl halides is 3. The van der Waals surface area contributed by atoms with E-state index >= 15 is 0 Å². The topological polar surface area (TPSA) is 64.6 Å². The summed E-state index contributed by atoms with van der Waals surface area (Å²) in [6.45, 7) is 1.08. The summed E-state index contributed by atoms with van der Waals surface area (Å²) in [4.78, 5) is 14.4. The van der Waals surface area contributed by atoms with Gasteiger partial charge < -0.3 is 20.6 Å². The van der Waals surface area contributed by atoms with Crippen LogP contribution in [-0.2, 0) is 11.0 Å². The average Bonchev–Trinajstić information content (AvgIpc) is 3.26. The SMILES string of the molecule is O=C(NCC(O)CNc1ccc(N2CCCC2)c(C(F)(F)F)c1)C1=CC(Cl)=CCC1=S. The van der Waals surface area contributed by atoms with E-state index in [-0.39, 0.29) is 30.0 Å². The molecule has 10 heteroatoms. The lowest BCUT2D eigenvalue weighted by molar-refractivity contribution is -0.137. The van der Waals surface area contributed by atoms with Gasteiger partial charge in [0, 0.05) is 53.9 Å². The number of aliphatic hydroxyl groups excluding tert-OH is 1. The van der Waals surface area contributed by atoms with Crippen molar-refractivity contribution in [1.82, 2.24) is 5.32 Å². The van der Waals surface area contributed by atoms with Crippen LogP contribution in [-0.4, -0.2) is 48.2 Å². The maximum Gasteiger partial charge on any atom is 0.418 e. The van der Waals surface area contributed by atoms with Crippen molar-refractivity contribution in [1.29, 1.82) is 0 Å². The molecule has 1 atom stereocenters. The standard InChI is InChI=1S/C21H23ClF3N3O2S/c22-13-3-6-19(31)16(9-13)20(30)27-12-15(29)11-26-14-4-5-18(28-7-1-2-8-28)17(10-14)21(23,24)25/h3-5,9-10,15,26,29H,1-2,6-8,11-12H2,(H,27,30). The summed E-state index contributed by atoms with van der Waals surface area (Å²) < 4.78 is 40.6. The molecule has 3 rings (SSSR count). The lowest BCUT2D eigenvalue weighted by atomic mass is 10.0. The van der Waals surface area contributed by atoms with E-state index in [1.165, 1.54) is 12.1 Å². The van der Waals surface area contributed by atoms with Crippen molar-refractivity contribution in [2.24, 2.45) is 0 Å². The van der Waals surface area contributed by atoms with Crippen molar-refractivity contribution in [3.05, 3.63) is 46.5 Å². The Kier molecular flexibility index (Phi) is 7.61. The van der Waals surface area contributed by atoms with Crippen LogP contribution >= 0.6 is 23.8 Å². The van der Waals surface area contributed by atoms with Crippen LogP contribution in [0.3, 0.4) is 0 Å². The fourth-order valence-corrected chi connectivity index (χ4v) is 3.91. The van der Waals surface area contributed by atoms with Crippen LogP contribution in [0.1, 0.15) is 24.8 Å². The largest absolute Gasteiger partial charge is 0.418 e. The summed E-state index contributed by atoms with van der Waals surface area (Å²) in [5.41, 5.74) is -0.0126. The van der Waals surface area contributed by atoms with Gasteiger partial charge in [-0.25, -0.2) is 0 Å². The monoisotopic (exact) mass is 473 g/mol. The first-order valence-electron chi connectivity index (χ1n) is 9.92. The highest BCUT2D eigenvalue weighted by Crippen LogP contribution is 2.39. The second-order valence-electron chi connectivity index (χ2n) is 7.44. The predicted octanol–water partition coefficient (Wildman–Crippen LogP) is 4.02. The van der Waals surface area contributed by atoms with E-state index in [2.05, 4.69) is 10.6 Å². The summed E-state index contributed by atoms with van der Waals surface area (Å²) in [6, 6.07) is 4.07. The number of carbonyl (C=O) groups excluding carboxylic acids is 1. The zero-order valence-corrected chi connectivity index (χ0v) is 18.2. The number of thiocarbonyl (C=S) groups is 1. The third-order valence-electron chi connectivity index (χ3n) is 5.10. The molecule has 0 bridgehead atoms. The molecule has 1 saturated heterocycles. The highest BCUT2D eigenvalue weighted by molar-refractivity contribution is 7.81. The van der Waals surface area contributed by atoms with Crippen LogP contribution in [0.15, 0.2) is 41.0 Å². The molecule has 1 aromatic rings. The molecule has 1 unspecified atom stereocenters. The predicted molar refractivity (Wildman–Crippen MR) is 120 cm³/mol. The minimum atomic E-state index is -4.48. The number of halogens is 4. The molecule has 0 spiro atoms. The number of nitrogens with one attached hydrogen (secondary N) is 2. The fraction of sp³-hybridized carbons (Fsp3) is 0.429. The number of benzene rings is 1. The number of aliphatic hydroxyl groups is 1. The average molecular weight is 474 g/mol. The molecule has 0 radical (unpaired) electrons. The van der Waals surface area contributed by atoms with Gasteiger partial charge in [0.05, 0.1) is 17.2 Å². The van der Waals surface area contributed by atoms with E-state index in [4.69, 9.17) is 23.8 Å². The molecule has 0 saturated carbocycles. The Morgan fingerprint density at radius 2 is 1.97 bits per heavy atom. The van der Waals surface area contributed by atoms with Gasteiger partial charge in [0.25, 0.3) is 5.91 Å². The summed E-state index contributed by atoms with van der Waals surface area (Å²) in [7, 11) is 0. The highest BCUT2D eigenvalue weighted by atomic mass is 35.5. The third kappa shape index (κ3) is 6.21. The van der Waals surface area contributed by atoms with Gasteiger partial charge in [0.15, 0.2) is 0 Å². The molecule has 1 aliphatic carbocycles. The number of hydrogen-bond acceptors (Lipinski definition) is 5. The number of amides is 1. The van der Waals surface area contributed by atoms with Crippen molar-refractivity contribution in [3.63, 3.8) is 0 Å². The Morgan fingerprint density at radius 3 is 2.65 bits per heavy atom. The van der Waals surface area contributed by atoms with Gasteiger partial charge in [-0.3, -0.25) is 4.79 Å². The second kappa shape index (κ2) is 10.0. The molecule has 1 aromatic carbocycles. The van der Waals surface area contributed by atoms with Gasteiger partial charge >= 0.3 is 6.18 Å². The van der Waals surface area contributed by atoms with Crippen LogP contribution in [0.25, 0.3) is 0 Å². The smallest absolute Gasteiger partial charge is 0.389 e. The van der Waals surface area contributed by atoms with E-state index < -0.39 is 23.8 Å². The second-order valence-corrected chi connectivity index (χ2v) is 8.37. The molecule has 168 valence electrons. The molecule has 3 N–H and O–H groups in total. The lowest BCUT2D eigenvalue weighted by Crippen LogP contribution is -2.37. The molecule has 2 aliphatic rings. The zero-order chi connectivity index (χ0) is 22.6. The number of nitrogens with zero attached hydrogens (tertiary/aromatic N) is 1. The number of rotatable bonds is 7. The summed E-state index contributed by atoms with van der Waals surface area (Å²) in [5.74, 6) is -0.454. The van der Waals surface area contributed by atoms with Gasteiger partial charge in [-0.2, -0.15) is 13.2 Å².